The molecule has 2 aromatic carbocycles. The molecule has 0 bridgehead atoms. The van der Waals surface area contributed by atoms with Gasteiger partial charge in [-0.05, 0) is 43.7 Å². The maximum absolute atomic E-state index is 5.05. The number of allylic oxidation sites excluding steroid dienone is 2. The summed E-state index contributed by atoms with van der Waals surface area (Å²) >= 11 is 0. The first-order valence-electron chi connectivity index (χ1n) is 9.98. The van der Waals surface area contributed by atoms with Crippen LogP contribution >= 0.6 is 0 Å². The molecule has 0 aromatic heterocycles. The van der Waals surface area contributed by atoms with Gasteiger partial charge in [-0.3, -0.25) is 10.3 Å². The Balaban J connectivity index is 2.38. The highest BCUT2D eigenvalue weighted by Crippen LogP contribution is 2.34. The van der Waals surface area contributed by atoms with Crippen LogP contribution in [0.1, 0.15) is 75.6 Å². The Morgan fingerprint density at radius 2 is 1.33 bits per heavy atom. The summed E-state index contributed by atoms with van der Waals surface area (Å²) in [5.41, 5.74) is 10.00. The van der Waals surface area contributed by atoms with Gasteiger partial charge >= 0.3 is 0 Å². The van der Waals surface area contributed by atoms with Gasteiger partial charge in [-0.2, -0.15) is 0 Å². The molecule has 2 nitrogen and oxygen atoms in total. The molecular formula is C25H35N2+. The molecule has 0 spiro atoms. The summed E-state index contributed by atoms with van der Waals surface area (Å²) < 4.78 is 0. The third kappa shape index (κ3) is 5.40. The van der Waals surface area contributed by atoms with E-state index < -0.39 is 0 Å². The average Bonchev–Trinajstić information content (AvgIpc) is 2.57. The van der Waals surface area contributed by atoms with Crippen molar-refractivity contribution in [1.82, 2.24) is 0 Å². The standard InChI is InChI=1S/C25H34N2/c1-16(2)22-13-10-14-23(17(3)4)25(22)27-21(8)15-20(7)26-24-18(5)11-9-12-19(24)6/h9-17,26H,1-8H3/p+1/b20-15+,27-21?. The van der Waals surface area contributed by atoms with Crippen LogP contribution in [0.15, 0.2) is 53.2 Å². The van der Waals surface area contributed by atoms with Gasteiger partial charge in [-0.25, -0.2) is 0 Å². The van der Waals surface area contributed by atoms with Crippen molar-refractivity contribution in [3.05, 3.63) is 70.4 Å². The molecule has 0 amide bonds. The lowest BCUT2D eigenvalue weighted by molar-refractivity contribution is -0.518. The highest BCUT2D eigenvalue weighted by Gasteiger charge is 2.13. The van der Waals surface area contributed by atoms with Gasteiger partial charge in [0.2, 0.25) is 0 Å². The normalized spacial score (nSPS) is 13.0. The fraction of sp³-hybridized carbons (Fsp3) is 0.400. The lowest BCUT2D eigenvalue weighted by Crippen LogP contribution is -2.75. The van der Waals surface area contributed by atoms with Crippen molar-refractivity contribution < 1.29 is 5.32 Å². The minimum atomic E-state index is 0.460. The monoisotopic (exact) mass is 363 g/mol. The molecule has 0 aliphatic carbocycles. The highest BCUT2D eigenvalue weighted by molar-refractivity contribution is 5.95. The number of nitrogens with two attached hydrogens (primary N) is 1. The van der Waals surface area contributed by atoms with Crippen LogP contribution in [-0.4, -0.2) is 5.71 Å². The molecule has 0 unspecified atom stereocenters. The van der Waals surface area contributed by atoms with Crippen LogP contribution in [0.25, 0.3) is 0 Å². The van der Waals surface area contributed by atoms with E-state index in [4.69, 9.17) is 4.99 Å². The number of rotatable bonds is 6. The van der Waals surface area contributed by atoms with Crippen LogP contribution in [0.5, 0.6) is 0 Å². The van der Waals surface area contributed by atoms with Gasteiger partial charge in [0.15, 0.2) is 0 Å². The molecule has 0 atom stereocenters. The van der Waals surface area contributed by atoms with Crippen molar-refractivity contribution in [3.63, 3.8) is 0 Å². The van der Waals surface area contributed by atoms with Crippen molar-refractivity contribution in [2.24, 2.45) is 4.99 Å². The molecule has 27 heavy (non-hydrogen) atoms. The summed E-state index contributed by atoms with van der Waals surface area (Å²) in [6.45, 7) is 17.5. The van der Waals surface area contributed by atoms with Gasteiger partial charge in [-0.15, -0.1) is 0 Å². The van der Waals surface area contributed by atoms with E-state index in [1.54, 1.807) is 0 Å². The van der Waals surface area contributed by atoms with Crippen LogP contribution in [0.2, 0.25) is 0 Å². The predicted molar refractivity (Wildman–Crippen MR) is 119 cm³/mol. The van der Waals surface area contributed by atoms with Crippen LogP contribution in [0, 0.1) is 13.8 Å². The average molecular weight is 364 g/mol. The first kappa shape index (κ1) is 21.1. The zero-order chi connectivity index (χ0) is 20.1. The quantitative estimate of drug-likeness (QED) is 0.452. The molecule has 144 valence electrons. The van der Waals surface area contributed by atoms with E-state index in [1.807, 2.05) is 0 Å². The zero-order valence-corrected chi connectivity index (χ0v) is 18.2. The summed E-state index contributed by atoms with van der Waals surface area (Å²) in [6, 6.07) is 13.0. The third-order valence-corrected chi connectivity index (χ3v) is 4.98. The molecule has 0 aliphatic heterocycles. The smallest absolute Gasteiger partial charge is 0.140 e. The third-order valence-electron chi connectivity index (χ3n) is 4.98. The highest BCUT2D eigenvalue weighted by atomic mass is 14.9. The summed E-state index contributed by atoms with van der Waals surface area (Å²) in [5, 5.41) is 2.27. The number of hydrogen-bond donors (Lipinski definition) is 1. The Morgan fingerprint density at radius 1 is 0.852 bits per heavy atom. The molecule has 2 heteroatoms. The molecule has 0 aliphatic rings. The van der Waals surface area contributed by atoms with E-state index in [1.165, 1.54) is 33.6 Å². The fourth-order valence-electron chi connectivity index (χ4n) is 3.50. The summed E-state index contributed by atoms with van der Waals surface area (Å²) in [5.74, 6) is 0.919. The van der Waals surface area contributed by atoms with Gasteiger partial charge in [0.1, 0.15) is 11.4 Å². The summed E-state index contributed by atoms with van der Waals surface area (Å²) in [6.07, 6.45) is 2.19. The molecule has 0 radical (unpaired) electrons. The summed E-state index contributed by atoms with van der Waals surface area (Å²) in [7, 11) is 0. The van der Waals surface area contributed by atoms with Crippen LogP contribution in [-0.2, 0) is 0 Å². The van der Waals surface area contributed by atoms with Crippen LogP contribution in [0.3, 0.4) is 0 Å². The number of para-hydroxylation sites is 2. The Morgan fingerprint density at radius 3 is 1.81 bits per heavy atom. The number of aryl methyl sites for hydroxylation is 2. The van der Waals surface area contributed by atoms with Crippen molar-refractivity contribution >= 4 is 17.1 Å². The number of nitrogens with zero attached hydrogens (tertiary/aromatic N) is 1. The second kappa shape index (κ2) is 9.14. The lowest BCUT2D eigenvalue weighted by Gasteiger charge is -2.16. The van der Waals surface area contributed by atoms with Gasteiger partial charge < -0.3 is 0 Å². The zero-order valence-electron chi connectivity index (χ0n) is 18.2. The first-order valence-corrected chi connectivity index (χ1v) is 9.98. The van der Waals surface area contributed by atoms with E-state index in [9.17, 15) is 0 Å². The molecule has 2 rings (SSSR count). The van der Waals surface area contributed by atoms with Crippen molar-refractivity contribution in [2.45, 2.75) is 67.2 Å². The second-order valence-electron chi connectivity index (χ2n) is 8.19. The molecule has 2 aromatic rings. The van der Waals surface area contributed by atoms with Gasteiger partial charge in [-0.1, -0.05) is 64.1 Å². The molecular weight excluding hydrogens is 328 g/mol. The summed E-state index contributed by atoms with van der Waals surface area (Å²) in [4.78, 5) is 5.05. The van der Waals surface area contributed by atoms with E-state index in [-0.39, 0.29) is 0 Å². The van der Waals surface area contributed by atoms with Gasteiger partial charge in [0, 0.05) is 29.8 Å². The number of quaternary nitrogens is 1. The van der Waals surface area contributed by atoms with E-state index in [0.717, 1.165) is 11.4 Å². The molecule has 2 N–H and O–H groups in total. The van der Waals surface area contributed by atoms with Crippen LogP contribution < -0.4 is 5.32 Å². The Kier molecular flexibility index (Phi) is 7.15. The van der Waals surface area contributed by atoms with Crippen molar-refractivity contribution in [3.8, 4) is 0 Å². The molecule has 0 saturated heterocycles. The predicted octanol–water partition coefficient (Wildman–Crippen LogP) is 6.44. The molecule has 0 fully saturated rings. The van der Waals surface area contributed by atoms with Crippen LogP contribution in [0.4, 0.5) is 11.4 Å². The Hall–Kier alpha value is -2.19. The SMILES string of the molecule is CC(/C=C(\C)[NH2+]c1c(C)cccc1C)=Nc1c(C(C)C)cccc1C(C)C. The number of benzene rings is 2. The molecule has 0 heterocycles. The number of aliphatic imine (C=N–C) groups is 1. The van der Waals surface area contributed by atoms with E-state index >= 15 is 0 Å². The van der Waals surface area contributed by atoms with E-state index in [2.05, 4.69) is 103 Å². The Bertz CT molecular complexity index is 808. The lowest BCUT2D eigenvalue weighted by atomic mass is 9.93. The Labute approximate surface area is 165 Å². The number of hydrogen-bond acceptors (Lipinski definition) is 1. The van der Waals surface area contributed by atoms with Crippen molar-refractivity contribution in [2.75, 3.05) is 0 Å². The van der Waals surface area contributed by atoms with Gasteiger partial charge in [0.25, 0.3) is 0 Å². The fourth-order valence-corrected chi connectivity index (χ4v) is 3.50. The minimum Gasteiger partial charge on any atom is -0.285 e. The maximum atomic E-state index is 5.05. The van der Waals surface area contributed by atoms with Crippen molar-refractivity contribution in [1.29, 1.82) is 0 Å². The minimum absolute atomic E-state index is 0.460. The maximum Gasteiger partial charge on any atom is 0.140 e. The first-order chi connectivity index (χ1) is 12.7. The van der Waals surface area contributed by atoms with Gasteiger partial charge in [0.05, 0.1) is 5.69 Å². The molecule has 0 saturated carbocycles. The topological polar surface area (TPSA) is 29.0 Å². The van der Waals surface area contributed by atoms with E-state index in [0.29, 0.717) is 11.8 Å². The second-order valence-corrected chi connectivity index (χ2v) is 8.19. The largest absolute Gasteiger partial charge is 0.285 e.